The van der Waals surface area contributed by atoms with E-state index in [9.17, 15) is 14.0 Å². The van der Waals surface area contributed by atoms with E-state index in [2.05, 4.69) is 15.0 Å². The first-order valence-electron chi connectivity index (χ1n) is 7.13. The van der Waals surface area contributed by atoms with Crippen molar-refractivity contribution in [3.05, 3.63) is 71.7 Å². The average Bonchev–Trinajstić information content (AvgIpc) is 2.62. The van der Waals surface area contributed by atoms with Crippen molar-refractivity contribution < 1.29 is 18.7 Å². The number of pyridine rings is 1. The minimum Gasteiger partial charge on any atom is -0.465 e. The number of methoxy groups -OCH3 is 1. The molecule has 0 bridgehead atoms. The van der Waals surface area contributed by atoms with Gasteiger partial charge in [0.2, 0.25) is 0 Å². The number of fused-ring (bicyclic) bond motifs is 1. The summed E-state index contributed by atoms with van der Waals surface area (Å²) in [6.07, 6.45) is 0. The number of nitrogens with zero attached hydrogens (tertiary/aromatic N) is 1. The molecule has 1 aromatic heterocycles. The summed E-state index contributed by atoms with van der Waals surface area (Å²) >= 11 is 0. The summed E-state index contributed by atoms with van der Waals surface area (Å²) in [4.78, 5) is 28.1. The summed E-state index contributed by atoms with van der Waals surface area (Å²) in [5.41, 5.74) is 0.837. The molecule has 0 aliphatic carbocycles. The lowest BCUT2D eigenvalue weighted by atomic mass is 10.1. The summed E-state index contributed by atoms with van der Waals surface area (Å²) in [5, 5.41) is 3.32. The Balaban J connectivity index is 1.89. The van der Waals surface area contributed by atoms with Crippen LogP contribution in [0.2, 0.25) is 0 Å². The fourth-order valence-electron chi connectivity index (χ4n) is 2.24. The Kier molecular flexibility index (Phi) is 4.20. The Bertz CT molecular complexity index is 940. The van der Waals surface area contributed by atoms with Gasteiger partial charge in [0.05, 0.1) is 23.9 Å². The quantitative estimate of drug-likeness (QED) is 0.750. The second-order valence-corrected chi connectivity index (χ2v) is 5.03. The number of aromatic nitrogens is 1. The largest absolute Gasteiger partial charge is 0.465 e. The number of ether oxygens (including phenoxy) is 1. The van der Waals surface area contributed by atoms with Crippen LogP contribution in [0.4, 0.5) is 10.1 Å². The van der Waals surface area contributed by atoms with Gasteiger partial charge in [-0.2, -0.15) is 0 Å². The lowest BCUT2D eigenvalue weighted by molar-refractivity contribution is 0.0600. The number of rotatable bonds is 3. The van der Waals surface area contributed by atoms with Gasteiger partial charge in [-0.1, -0.05) is 24.3 Å². The van der Waals surface area contributed by atoms with Crippen molar-refractivity contribution in [3.63, 3.8) is 0 Å². The van der Waals surface area contributed by atoms with Gasteiger partial charge in [-0.25, -0.2) is 14.2 Å². The van der Waals surface area contributed by atoms with Crippen LogP contribution in [0.25, 0.3) is 10.9 Å². The summed E-state index contributed by atoms with van der Waals surface area (Å²) in [6, 6.07) is 14.3. The molecule has 0 aliphatic heterocycles. The summed E-state index contributed by atoms with van der Waals surface area (Å²) in [7, 11) is 1.23. The molecule has 5 nitrogen and oxygen atoms in total. The van der Waals surface area contributed by atoms with Crippen LogP contribution in [-0.2, 0) is 4.74 Å². The molecule has 1 heterocycles. The van der Waals surface area contributed by atoms with Crippen LogP contribution in [0.1, 0.15) is 20.8 Å². The van der Waals surface area contributed by atoms with Crippen molar-refractivity contribution in [2.75, 3.05) is 12.4 Å². The number of para-hydroxylation sites is 1. The van der Waals surface area contributed by atoms with Crippen LogP contribution in [0.15, 0.2) is 54.6 Å². The van der Waals surface area contributed by atoms with E-state index >= 15 is 0 Å². The van der Waals surface area contributed by atoms with Gasteiger partial charge in [0, 0.05) is 5.39 Å². The SMILES string of the molecule is COC(=O)c1ccc(F)c(NC(=O)c2ccc3ccccc3n2)c1. The summed E-state index contributed by atoms with van der Waals surface area (Å²) < 4.78 is 18.5. The van der Waals surface area contributed by atoms with Crippen molar-refractivity contribution in [1.29, 1.82) is 0 Å². The van der Waals surface area contributed by atoms with Crippen molar-refractivity contribution in [2.24, 2.45) is 0 Å². The molecule has 0 spiro atoms. The zero-order valence-corrected chi connectivity index (χ0v) is 12.7. The minimum atomic E-state index is -0.656. The molecular weight excluding hydrogens is 311 g/mol. The molecule has 0 radical (unpaired) electrons. The van der Waals surface area contributed by atoms with Gasteiger partial charge in [-0.15, -0.1) is 0 Å². The number of carbonyl (C=O) groups is 2. The van der Waals surface area contributed by atoms with Gasteiger partial charge in [0.1, 0.15) is 11.5 Å². The molecule has 0 aliphatic rings. The number of hydrogen-bond donors (Lipinski definition) is 1. The van der Waals surface area contributed by atoms with E-state index in [1.54, 1.807) is 18.2 Å². The van der Waals surface area contributed by atoms with E-state index in [-0.39, 0.29) is 16.9 Å². The summed E-state index contributed by atoms with van der Waals surface area (Å²) in [5.74, 6) is -1.84. The number of halogens is 1. The first kappa shape index (κ1) is 15.6. The molecule has 3 aromatic rings. The molecule has 120 valence electrons. The number of anilines is 1. The fraction of sp³-hybridized carbons (Fsp3) is 0.0556. The highest BCUT2D eigenvalue weighted by molar-refractivity contribution is 6.04. The Morgan fingerprint density at radius 2 is 1.88 bits per heavy atom. The number of hydrogen-bond acceptors (Lipinski definition) is 4. The van der Waals surface area contributed by atoms with E-state index in [1.165, 1.54) is 19.2 Å². The molecule has 0 saturated carbocycles. The molecule has 1 amide bonds. The first-order valence-corrected chi connectivity index (χ1v) is 7.13. The van der Waals surface area contributed by atoms with Crippen molar-refractivity contribution in [1.82, 2.24) is 4.98 Å². The molecular formula is C18H13FN2O3. The summed E-state index contributed by atoms with van der Waals surface area (Å²) in [6.45, 7) is 0. The number of amides is 1. The zero-order valence-electron chi connectivity index (χ0n) is 12.7. The highest BCUT2D eigenvalue weighted by atomic mass is 19.1. The highest BCUT2D eigenvalue weighted by Crippen LogP contribution is 2.18. The predicted octanol–water partition coefficient (Wildman–Crippen LogP) is 3.41. The number of esters is 1. The number of carbonyl (C=O) groups excluding carboxylic acids is 2. The number of nitrogens with one attached hydrogen (secondary N) is 1. The van der Waals surface area contributed by atoms with Crippen LogP contribution < -0.4 is 5.32 Å². The second-order valence-electron chi connectivity index (χ2n) is 5.03. The molecule has 24 heavy (non-hydrogen) atoms. The lowest BCUT2D eigenvalue weighted by Gasteiger charge is -2.08. The Morgan fingerprint density at radius 3 is 2.67 bits per heavy atom. The Labute approximate surface area is 137 Å². The molecule has 2 aromatic carbocycles. The van der Waals surface area contributed by atoms with Crippen LogP contribution >= 0.6 is 0 Å². The third kappa shape index (κ3) is 3.08. The van der Waals surface area contributed by atoms with Gasteiger partial charge in [-0.05, 0) is 30.3 Å². The smallest absolute Gasteiger partial charge is 0.337 e. The van der Waals surface area contributed by atoms with Crippen molar-refractivity contribution >= 4 is 28.5 Å². The fourth-order valence-corrected chi connectivity index (χ4v) is 2.24. The monoisotopic (exact) mass is 324 g/mol. The second kappa shape index (κ2) is 6.45. The van der Waals surface area contributed by atoms with E-state index in [0.717, 1.165) is 11.5 Å². The molecule has 0 saturated heterocycles. The molecule has 3 rings (SSSR count). The standard InChI is InChI=1S/C18H13FN2O3/c1-24-18(23)12-6-8-13(19)16(10-12)21-17(22)15-9-7-11-4-2-3-5-14(11)20-15/h2-10H,1H3,(H,21,22). The minimum absolute atomic E-state index is 0.113. The van der Waals surface area contributed by atoms with E-state index < -0.39 is 17.7 Å². The maximum absolute atomic E-state index is 13.9. The van der Waals surface area contributed by atoms with E-state index in [1.807, 2.05) is 18.2 Å². The normalized spacial score (nSPS) is 10.4. The van der Waals surface area contributed by atoms with E-state index in [4.69, 9.17) is 0 Å². The predicted molar refractivity (Wildman–Crippen MR) is 87.4 cm³/mol. The molecule has 0 atom stereocenters. The van der Waals surface area contributed by atoms with Gasteiger partial charge in [-0.3, -0.25) is 4.79 Å². The maximum atomic E-state index is 13.9. The average molecular weight is 324 g/mol. The third-order valence-corrected chi connectivity index (χ3v) is 3.47. The van der Waals surface area contributed by atoms with Gasteiger partial charge in [0.25, 0.3) is 5.91 Å². The first-order chi connectivity index (χ1) is 11.6. The van der Waals surface area contributed by atoms with Gasteiger partial charge >= 0.3 is 5.97 Å². The lowest BCUT2D eigenvalue weighted by Crippen LogP contribution is -2.15. The molecule has 6 heteroatoms. The Hall–Kier alpha value is -3.28. The highest BCUT2D eigenvalue weighted by Gasteiger charge is 2.14. The third-order valence-electron chi connectivity index (χ3n) is 3.47. The molecule has 0 unspecified atom stereocenters. The van der Waals surface area contributed by atoms with Crippen molar-refractivity contribution in [2.45, 2.75) is 0 Å². The van der Waals surface area contributed by atoms with Crippen molar-refractivity contribution in [3.8, 4) is 0 Å². The Morgan fingerprint density at radius 1 is 1.08 bits per heavy atom. The molecule has 0 fully saturated rings. The van der Waals surface area contributed by atoms with Gasteiger partial charge < -0.3 is 10.1 Å². The van der Waals surface area contributed by atoms with Crippen LogP contribution in [0.3, 0.4) is 0 Å². The zero-order chi connectivity index (χ0) is 17.1. The topological polar surface area (TPSA) is 68.3 Å². The van der Waals surface area contributed by atoms with E-state index in [0.29, 0.717) is 5.52 Å². The van der Waals surface area contributed by atoms with Crippen LogP contribution in [0.5, 0.6) is 0 Å². The van der Waals surface area contributed by atoms with Crippen LogP contribution in [-0.4, -0.2) is 24.0 Å². The number of benzene rings is 2. The molecule has 1 N–H and O–H groups in total. The van der Waals surface area contributed by atoms with Gasteiger partial charge in [0.15, 0.2) is 0 Å². The van der Waals surface area contributed by atoms with Crippen LogP contribution in [0, 0.1) is 5.82 Å². The maximum Gasteiger partial charge on any atom is 0.337 e.